The third kappa shape index (κ3) is 72.2. The molecule has 5 atom stereocenters. The zero-order valence-electron chi connectivity index (χ0n) is 63.4. The SMILES string of the molecule is CCCCCCCCCCCCCCCCCCCCCC(=O)O[C@H](COC(=O)CCCCCCCCCCCCCCCCCC(C)C)COP(=O)(O)OC[C@@H](O)COP(=O)(O)OC[C@@H](COC(=O)CCCCCCCCCC)OC(=O)CCCCCCCCCCCC(C)C. The van der Waals surface area contributed by atoms with E-state index >= 15 is 0 Å². The van der Waals surface area contributed by atoms with Crippen LogP contribution in [0.25, 0.3) is 0 Å². The van der Waals surface area contributed by atoms with Crippen molar-refractivity contribution in [2.75, 3.05) is 39.6 Å². The second-order valence-electron chi connectivity index (χ2n) is 29.1. The largest absolute Gasteiger partial charge is 0.472 e. The van der Waals surface area contributed by atoms with Gasteiger partial charge < -0.3 is 33.8 Å². The van der Waals surface area contributed by atoms with Crippen molar-refractivity contribution < 1.29 is 80.2 Å². The van der Waals surface area contributed by atoms with E-state index < -0.39 is 97.5 Å². The molecule has 0 rings (SSSR count). The van der Waals surface area contributed by atoms with Crippen LogP contribution < -0.4 is 0 Å². The maximum Gasteiger partial charge on any atom is 0.472 e. The first-order valence-corrected chi connectivity index (χ1v) is 43.5. The van der Waals surface area contributed by atoms with Crippen molar-refractivity contribution in [2.45, 2.75) is 426 Å². The second-order valence-corrected chi connectivity index (χ2v) is 32.0. The first-order chi connectivity index (χ1) is 46.9. The molecule has 0 aromatic heterocycles. The molecule has 576 valence electrons. The van der Waals surface area contributed by atoms with Gasteiger partial charge in [-0.05, 0) is 37.5 Å². The minimum atomic E-state index is -4.96. The van der Waals surface area contributed by atoms with E-state index in [0.717, 1.165) is 108 Å². The van der Waals surface area contributed by atoms with Crippen molar-refractivity contribution in [3.05, 3.63) is 0 Å². The Hall–Kier alpha value is -1.94. The van der Waals surface area contributed by atoms with Gasteiger partial charge in [-0.2, -0.15) is 0 Å². The predicted molar refractivity (Wildman–Crippen MR) is 395 cm³/mol. The Labute approximate surface area is 594 Å². The number of carbonyl (C=O) groups excluding carboxylic acids is 4. The summed E-state index contributed by atoms with van der Waals surface area (Å²) in [7, 11) is -9.91. The molecule has 0 aliphatic heterocycles. The molecule has 0 aliphatic carbocycles. The van der Waals surface area contributed by atoms with Gasteiger partial charge in [-0.3, -0.25) is 37.3 Å². The fraction of sp³-hybridized carbons (Fsp3) is 0.949. The van der Waals surface area contributed by atoms with Crippen LogP contribution in [0.2, 0.25) is 0 Å². The molecule has 0 fully saturated rings. The molecule has 0 amide bonds. The Kier molecular flexibility index (Phi) is 68.4. The summed E-state index contributed by atoms with van der Waals surface area (Å²) < 4.78 is 68.5. The highest BCUT2D eigenvalue weighted by molar-refractivity contribution is 7.47. The molecule has 3 N–H and O–H groups in total. The molecule has 0 aromatic carbocycles. The van der Waals surface area contributed by atoms with Crippen molar-refractivity contribution in [3.63, 3.8) is 0 Å². The number of phosphoric ester groups is 2. The van der Waals surface area contributed by atoms with Crippen molar-refractivity contribution in [1.82, 2.24) is 0 Å². The standard InChI is InChI=1S/C78H152O17P2/c1-7-9-11-13-15-17-18-19-20-21-22-23-26-30-33-38-44-50-56-62-77(82)94-74(67-89-76(81)61-55-49-43-37-32-29-27-24-25-28-31-35-40-46-52-58-70(3)4)69-93-97(86,87)91-65-72(79)64-90-96(84,85)92-68-73(66-88-75(80)60-54-48-42-16-14-12-10-8-2)95-78(83)63-57-51-45-39-34-36-41-47-53-59-71(5)6/h70-74,79H,7-69H2,1-6H3,(H,84,85)(H,86,87)/t72-,73+,74+/m0/s1. The summed E-state index contributed by atoms with van der Waals surface area (Å²) >= 11 is 0. The number of aliphatic hydroxyl groups excluding tert-OH is 1. The highest BCUT2D eigenvalue weighted by Crippen LogP contribution is 2.45. The molecular weight excluding hydrogens is 1270 g/mol. The molecule has 0 saturated carbocycles. The molecule has 0 aliphatic rings. The first-order valence-electron chi connectivity index (χ1n) is 40.5. The smallest absolute Gasteiger partial charge is 0.462 e. The molecular formula is C78H152O17P2. The number of hydrogen-bond acceptors (Lipinski definition) is 15. The Balaban J connectivity index is 5.20. The van der Waals surface area contributed by atoms with Crippen LogP contribution in [0.15, 0.2) is 0 Å². The average molecular weight is 1420 g/mol. The number of carbonyl (C=O) groups is 4. The number of unbranched alkanes of at least 4 members (excludes halogenated alkanes) is 47. The van der Waals surface area contributed by atoms with Gasteiger partial charge in [0.1, 0.15) is 19.3 Å². The Bertz CT molecular complexity index is 1870. The normalized spacial score (nSPS) is 14.0. The molecule has 17 nitrogen and oxygen atoms in total. The van der Waals surface area contributed by atoms with Crippen LogP contribution in [-0.2, 0) is 65.4 Å². The van der Waals surface area contributed by atoms with Crippen molar-refractivity contribution in [1.29, 1.82) is 0 Å². The van der Waals surface area contributed by atoms with E-state index in [1.165, 1.54) is 218 Å². The summed E-state index contributed by atoms with van der Waals surface area (Å²) in [5.41, 5.74) is 0. The molecule has 0 aromatic rings. The fourth-order valence-electron chi connectivity index (χ4n) is 12.0. The average Bonchev–Trinajstić information content (AvgIpc) is 1.25. The molecule has 0 saturated heterocycles. The van der Waals surface area contributed by atoms with Gasteiger partial charge in [-0.15, -0.1) is 0 Å². The number of phosphoric acid groups is 2. The number of hydrogen-bond donors (Lipinski definition) is 3. The maximum absolute atomic E-state index is 13.1. The van der Waals surface area contributed by atoms with Gasteiger partial charge in [0.2, 0.25) is 0 Å². The van der Waals surface area contributed by atoms with Crippen molar-refractivity contribution in [2.24, 2.45) is 11.8 Å². The predicted octanol–water partition coefficient (Wildman–Crippen LogP) is 23.1. The Morgan fingerprint density at radius 3 is 0.701 bits per heavy atom. The number of ether oxygens (including phenoxy) is 4. The molecule has 0 spiro atoms. The van der Waals surface area contributed by atoms with Crippen molar-refractivity contribution in [3.8, 4) is 0 Å². The number of esters is 4. The van der Waals surface area contributed by atoms with Gasteiger partial charge >= 0.3 is 39.5 Å². The van der Waals surface area contributed by atoms with Gasteiger partial charge in [-0.1, -0.05) is 356 Å². The van der Waals surface area contributed by atoms with Gasteiger partial charge in [-0.25, -0.2) is 9.13 Å². The van der Waals surface area contributed by atoms with E-state index in [4.69, 9.17) is 37.0 Å². The molecule has 0 bridgehead atoms. The second kappa shape index (κ2) is 69.8. The quantitative estimate of drug-likeness (QED) is 0.0222. The van der Waals surface area contributed by atoms with E-state index in [1.54, 1.807) is 0 Å². The lowest BCUT2D eigenvalue weighted by Crippen LogP contribution is -2.30. The topological polar surface area (TPSA) is 237 Å². The van der Waals surface area contributed by atoms with Crippen LogP contribution in [0.1, 0.15) is 408 Å². The van der Waals surface area contributed by atoms with E-state index in [1.807, 2.05) is 0 Å². The van der Waals surface area contributed by atoms with Gasteiger partial charge in [0.05, 0.1) is 26.4 Å². The van der Waals surface area contributed by atoms with Crippen molar-refractivity contribution >= 4 is 39.5 Å². The van der Waals surface area contributed by atoms with Crippen LogP contribution in [0, 0.1) is 11.8 Å². The monoisotopic (exact) mass is 1420 g/mol. The summed E-state index contributed by atoms with van der Waals surface area (Å²) in [5.74, 6) is -0.573. The van der Waals surface area contributed by atoms with Crippen LogP contribution >= 0.6 is 15.6 Å². The summed E-state index contributed by atoms with van der Waals surface area (Å²) in [6.45, 7) is 9.59. The van der Waals surface area contributed by atoms with E-state index in [9.17, 15) is 43.2 Å². The van der Waals surface area contributed by atoms with Crippen LogP contribution in [-0.4, -0.2) is 96.7 Å². The number of rotatable bonds is 77. The van der Waals surface area contributed by atoms with Gasteiger partial charge in [0.15, 0.2) is 12.2 Å². The minimum absolute atomic E-state index is 0.105. The summed E-state index contributed by atoms with van der Waals surface area (Å²) in [6, 6.07) is 0. The van der Waals surface area contributed by atoms with E-state index in [-0.39, 0.29) is 25.7 Å². The first kappa shape index (κ1) is 95.1. The molecule has 19 heteroatoms. The molecule has 0 heterocycles. The highest BCUT2D eigenvalue weighted by Gasteiger charge is 2.30. The number of aliphatic hydroxyl groups is 1. The summed E-state index contributed by atoms with van der Waals surface area (Å²) in [5, 5.41) is 10.6. The maximum atomic E-state index is 13.1. The fourth-order valence-corrected chi connectivity index (χ4v) is 13.6. The van der Waals surface area contributed by atoms with Crippen LogP contribution in [0.4, 0.5) is 0 Å². The van der Waals surface area contributed by atoms with Crippen LogP contribution in [0.3, 0.4) is 0 Å². The third-order valence-corrected chi connectivity index (χ3v) is 20.1. The molecule has 0 radical (unpaired) electrons. The third-order valence-electron chi connectivity index (χ3n) is 18.2. The van der Waals surface area contributed by atoms with E-state index in [2.05, 4.69) is 41.5 Å². The highest BCUT2D eigenvalue weighted by atomic mass is 31.2. The lowest BCUT2D eigenvalue weighted by atomic mass is 10.0. The van der Waals surface area contributed by atoms with Crippen LogP contribution in [0.5, 0.6) is 0 Å². The lowest BCUT2D eigenvalue weighted by Gasteiger charge is -2.21. The Morgan fingerprint density at radius 1 is 0.278 bits per heavy atom. The Morgan fingerprint density at radius 2 is 0.474 bits per heavy atom. The summed E-state index contributed by atoms with van der Waals surface area (Å²) in [6.07, 6.45) is 58.4. The van der Waals surface area contributed by atoms with Gasteiger partial charge in [0, 0.05) is 25.7 Å². The zero-order valence-corrected chi connectivity index (χ0v) is 65.2. The van der Waals surface area contributed by atoms with Gasteiger partial charge in [0.25, 0.3) is 0 Å². The zero-order chi connectivity index (χ0) is 71.4. The summed E-state index contributed by atoms with van der Waals surface area (Å²) in [4.78, 5) is 72.8. The molecule has 97 heavy (non-hydrogen) atoms. The van der Waals surface area contributed by atoms with E-state index in [0.29, 0.717) is 25.7 Å². The molecule has 2 unspecified atom stereocenters. The minimum Gasteiger partial charge on any atom is -0.462 e. The lowest BCUT2D eigenvalue weighted by molar-refractivity contribution is -0.161.